The van der Waals surface area contributed by atoms with E-state index in [9.17, 15) is 0 Å². The first-order valence-electron chi connectivity index (χ1n) is 6.24. The Morgan fingerprint density at radius 2 is 1.85 bits per heavy atom. The highest BCUT2D eigenvalue weighted by molar-refractivity contribution is 5.97. The molecule has 0 aliphatic heterocycles. The Hall–Kier alpha value is -2.62. The van der Waals surface area contributed by atoms with Crippen LogP contribution in [0.25, 0.3) is 22.0 Å². The summed E-state index contributed by atoms with van der Waals surface area (Å²) in [6.45, 7) is 0. The van der Waals surface area contributed by atoms with E-state index in [0.29, 0.717) is 5.75 Å². The quantitative estimate of drug-likeness (QED) is 0.729. The van der Waals surface area contributed by atoms with Crippen LogP contribution in [0.15, 0.2) is 48.9 Å². The molecular weight excluding hydrogens is 252 g/mol. The number of hydrogen-bond acceptors (Lipinski definition) is 4. The fourth-order valence-electron chi connectivity index (χ4n) is 2.25. The topological polar surface area (TPSA) is 44.2 Å². The molecule has 0 saturated carbocycles. The first kappa shape index (κ1) is 12.4. The van der Waals surface area contributed by atoms with E-state index >= 15 is 0 Å². The number of aromatic nitrogens is 2. The number of nitrogens with zero attached hydrogens (tertiary/aromatic N) is 2. The summed E-state index contributed by atoms with van der Waals surface area (Å²) in [5, 5.41) is 2.06. The largest absolute Gasteiger partial charge is 0.496 e. The van der Waals surface area contributed by atoms with Crippen molar-refractivity contribution in [2.24, 2.45) is 0 Å². The summed E-state index contributed by atoms with van der Waals surface area (Å²) in [5.74, 6) is 1.55. The molecule has 4 nitrogen and oxygen atoms in total. The third kappa shape index (κ3) is 2.05. The van der Waals surface area contributed by atoms with E-state index in [2.05, 4.69) is 9.97 Å². The van der Waals surface area contributed by atoms with Gasteiger partial charge in [-0.3, -0.25) is 9.97 Å². The second-order valence-electron chi connectivity index (χ2n) is 4.33. The Labute approximate surface area is 117 Å². The molecule has 0 amide bonds. The van der Waals surface area contributed by atoms with Crippen molar-refractivity contribution >= 4 is 10.8 Å². The van der Waals surface area contributed by atoms with Crippen molar-refractivity contribution in [3.8, 4) is 22.8 Å². The summed E-state index contributed by atoms with van der Waals surface area (Å²) < 4.78 is 10.6. The van der Waals surface area contributed by atoms with E-state index in [4.69, 9.17) is 9.47 Å². The van der Waals surface area contributed by atoms with E-state index in [1.807, 2.05) is 30.3 Å². The number of pyridine rings is 2. The summed E-state index contributed by atoms with van der Waals surface area (Å²) in [5.41, 5.74) is 1.79. The lowest BCUT2D eigenvalue weighted by Gasteiger charge is -2.09. The van der Waals surface area contributed by atoms with Crippen LogP contribution < -0.4 is 9.47 Å². The minimum Gasteiger partial charge on any atom is -0.496 e. The van der Waals surface area contributed by atoms with Gasteiger partial charge in [0.1, 0.15) is 11.5 Å². The molecule has 0 fully saturated rings. The molecule has 20 heavy (non-hydrogen) atoms. The average molecular weight is 266 g/mol. The fraction of sp³-hybridized carbons (Fsp3) is 0.125. The molecular formula is C16H14N2O2. The van der Waals surface area contributed by atoms with Gasteiger partial charge < -0.3 is 9.47 Å². The summed E-state index contributed by atoms with van der Waals surface area (Å²) in [6, 6.07) is 9.80. The minimum atomic E-state index is 0.712. The lowest BCUT2D eigenvalue weighted by Crippen LogP contribution is -1.91. The second-order valence-corrected chi connectivity index (χ2v) is 4.33. The molecule has 0 radical (unpaired) electrons. The van der Waals surface area contributed by atoms with Gasteiger partial charge in [-0.25, -0.2) is 0 Å². The van der Waals surface area contributed by atoms with Crippen LogP contribution in [0.2, 0.25) is 0 Å². The number of hydrogen-bond donors (Lipinski definition) is 0. The van der Waals surface area contributed by atoms with Crippen molar-refractivity contribution < 1.29 is 9.47 Å². The fourth-order valence-corrected chi connectivity index (χ4v) is 2.25. The van der Waals surface area contributed by atoms with E-state index in [0.717, 1.165) is 27.8 Å². The van der Waals surface area contributed by atoms with Gasteiger partial charge in [-0.05, 0) is 18.2 Å². The van der Waals surface area contributed by atoms with Crippen molar-refractivity contribution in [2.45, 2.75) is 0 Å². The standard InChI is InChI=1S/C16H14N2O2/c1-19-12-8-11(9-17-10-12)16-14-4-3-5-15(20-2)13(14)6-7-18-16/h3-10H,1-2H3. The van der Waals surface area contributed by atoms with Gasteiger partial charge in [0.2, 0.25) is 0 Å². The zero-order chi connectivity index (χ0) is 13.9. The summed E-state index contributed by atoms with van der Waals surface area (Å²) >= 11 is 0. The highest BCUT2D eigenvalue weighted by Gasteiger charge is 2.09. The van der Waals surface area contributed by atoms with Gasteiger partial charge in [-0.2, -0.15) is 0 Å². The lowest BCUT2D eigenvalue weighted by molar-refractivity contribution is 0.413. The summed E-state index contributed by atoms with van der Waals surface area (Å²) in [6.07, 6.45) is 5.23. The molecule has 0 atom stereocenters. The molecule has 1 aromatic carbocycles. The highest BCUT2D eigenvalue weighted by Crippen LogP contribution is 2.32. The molecule has 0 saturated heterocycles. The first-order chi connectivity index (χ1) is 9.83. The van der Waals surface area contributed by atoms with Gasteiger partial charge in [-0.15, -0.1) is 0 Å². The van der Waals surface area contributed by atoms with Gasteiger partial charge in [0.25, 0.3) is 0 Å². The van der Waals surface area contributed by atoms with Crippen LogP contribution >= 0.6 is 0 Å². The molecule has 0 bridgehead atoms. The van der Waals surface area contributed by atoms with Crippen LogP contribution in [0.1, 0.15) is 0 Å². The van der Waals surface area contributed by atoms with Crippen molar-refractivity contribution in [3.63, 3.8) is 0 Å². The maximum atomic E-state index is 5.40. The van der Waals surface area contributed by atoms with Crippen LogP contribution in [-0.2, 0) is 0 Å². The SMILES string of the molecule is COc1cncc(-c2nccc3c(OC)cccc23)c1. The predicted octanol–water partition coefficient (Wildman–Crippen LogP) is 3.31. The molecule has 4 heteroatoms. The highest BCUT2D eigenvalue weighted by atomic mass is 16.5. The molecule has 0 aliphatic rings. The molecule has 3 aromatic rings. The van der Waals surface area contributed by atoms with Crippen molar-refractivity contribution in [3.05, 3.63) is 48.9 Å². The maximum Gasteiger partial charge on any atom is 0.137 e. The van der Waals surface area contributed by atoms with Crippen LogP contribution in [-0.4, -0.2) is 24.2 Å². The Balaban J connectivity index is 2.25. The first-order valence-corrected chi connectivity index (χ1v) is 6.24. The van der Waals surface area contributed by atoms with E-state index in [1.54, 1.807) is 32.8 Å². The van der Waals surface area contributed by atoms with Gasteiger partial charge >= 0.3 is 0 Å². The summed E-state index contributed by atoms with van der Waals surface area (Å²) in [4.78, 5) is 8.66. The minimum absolute atomic E-state index is 0.712. The Bertz CT molecular complexity index is 756. The van der Waals surface area contributed by atoms with Gasteiger partial charge in [0.05, 0.1) is 26.1 Å². The number of methoxy groups -OCH3 is 2. The third-order valence-corrected chi connectivity index (χ3v) is 3.21. The third-order valence-electron chi connectivity index (χ3n) is 3.21. The molecule has 3 rings (SSSR count). The zero-order valence-electron chi connectivity index (χ0n) is 11.3. The Kier molecular flexibility index (Phi) is 3.21. The predicted molar refractivity (Wildman–Crippen MR) is 78.1 cm³/mol. The Morgan fingerprint density at radius 3 is 2.65 bits per heavy atom. The van der Waals surface area contributed by atoms with Crippen LogP contribution in [0.5, 0.6) is 11.5 Å². The van der Waals surface area contributed by atoms with Crippen LogP contribution in [0, 0.1) is 0 Å². The van der Waals surface area contributed by atoms with Crippen molar-refractivity contribution in [1.82, 2.24) is 9.97 Å². The molecule has 2 heterocycles. The number of fused-ring (bicyclic) bond motifs is 1. The molecule has 0 spiro atoms. The lowest BCUT2D eigenvalue weighted by atomic mass is 10.0. The zero-order valence-corrected chi connectivity index (χ0v) is 11.3. The normalized spacial score (nSPS) is 10.5. The van der Waals surface area contributed by atoms with Crippen molar-refractivity contribution in [1.29, 1.82) is 0 Å². The second kappa shape index (κ2) is 5.17. The number of rotatable bonds is 3. The average Bonchev–Trinajstić information content (AvgIpc) is 2.53. The van der Waals surface area contributed by atoms with E-state index in [-0.39, 0.29) is 0 Å². The molecule has 100 valence electrons. The van der Waals surface area contributed by atoms with E-state index < -0.39 is 0 Å². The molecule has 0 unspecified atom stereocenters. The maximum absolute atomic E-state index is 5.40. The van der Waals surface area contributed by atoms with Crippen LogP contribution in [0.4, 0.5) is 0 Å². The molecule has 2 aromatic heterocycles. The van der Waals surface area contributed by atoms with Gasteiger partial charge in [-0.1, -0.05) is 12.1 Å². The smallest absolute Gasteiger partial charge is 0.137 e. The number of ether oxygens (including phenoxy) is 2. The van der Waals surface area contributed by atoms with Gasteiger partial charge in [0, 0.05) is 28.7 Å². The summed E-state index contributed by atoms with van der Waals surface area (Å²) in [7, 11) is 3.29. The monoisotopic (exact) mass is 266 g/mol. The number of benzene rings is 1. The van der Waals surface area contributed by atoms with Gasteiger partial charge in [0.15, 0.2) is 0 Å². The van der Waals surface area contributed by atoms with Crippen molar-refractivity contribution in [2.75, 3.05) is 14.2 Å². The molecule has 0 aliphatic carbocycles. The van der Waals surface area contributed by atoms with Crippen LogP contribution in [0.3, 0.4) is 0 Å². The Morgan fingerprint density at radius 1 is 0.950 bits per heavy atom. The van der Waals surface area contributed by atoms with E-state index in [1.165, 1.54) is 0 Å². The molecule has 0 N–H and O–H groups in total.